The average Bonchev–Trinajstić information content (AvgIpc) is 2.99. The fourth-order valence-corrected chi connectivity index (χ4v) is 2.59. The first-order valence-electron chi connectivity index (χ1n) is 6.33. The molecule has 1 saturated carbocycles. The van der Waals surface area contributed by atoms with E-state index in [9.17, 15) is 0 Å². The average molecular weight is 279 g/mol. The maximum absolute atomic E-state index is 5.96. The van der Waals surface area contributed by atoms with Crippen molar-refractivity contribution in [2.45, 2.75) is 38.1 Å². The van der Waals surface area contributed by atoms with Crippen molar-refractivity contribution in [3.05, 3.63) is 24.0 Å². The Bertz CT molecular complexity index is 562. The lowest BCUT2D eigenvalue weighted by Crippen LogP contribution is -2.32. The van der Waals surface area contributed by atoms with E-state index in [4.69, 9.17) is 11.6 Å². The molecule has 0 amide bonds. The van der Waals surface area contributed by atoms with Gasteiger partial charge in [0.05, 0.1) is 0 Å². The van der Waals surface area contributed by atoms with Gasteiger partial charge in [-0.1, -0.05) is 12.8 Å². The summed E-state index contributed by atoms with van der Waals surface area (Å²) in [7, 11) is 0. The van der Waals surface area contributed by atoms with Crippen LogP contribution in [0.3, 0.4) is 0 Å². The predicted molar refractivity (Wildman–Crippen MR) is 72.5 cm³/mol. The van der Waals surface area contributed by atoms with E-state index in [1.807, 2.05) is 0 Å². The van der Waals surface area contributed by atoms with Gasteiger partial charge < -0.3 is 5.32 Å². The van der Waals surface area contributed by atoms with Crippen LogP contribution in [0.1, 0.15) is 32.6 Å². The third-order valence-electron chi connectivity index (χ3n) is 3.45. The Morgan fingerprint density at radius 1 is 1.26 bits per heavy atom. The van der Waals surface area contributed by atoms with Gasteiger partial charge in [-0.2, -0.15) is 15.0 Å². The van der Waals surface area contributed by atoms with E-state index in [1.165, 1.54) is 12.8 Å². The first-order chi connectivity index (χ1) is 9.15. The van der Waals surface area contributed by atoms with Crippen LogP contribution in [-0.4, -0.2) is 30.0 Å². The summed E-state index contributed by atoms with van der Waals surface area (Å²) in [6, 6.07) is 0. The molecule has 1 fully saturated rings. The Labute approximate surface area is 116 Å². The second kappa shape index (κ2) is 4.77. The molecular formula is C12H15ClN6. The van der Waals surface area contributed by atoms with E-state index >= 15 is 0 Å². The standard InChI is InChI=1S/C12H15ClN6/c1-12(4-2-3-5-12)18-10-15-9(13)16-11(17-10)19-7-6-14-8-19/h6-8H,2-5H2,1H3,(H,15,16,17,18). The van der Waals surface area contributed by atoms with Crippen molar-refractivity contribution < 1.29 is 0 Å². The monoisotopic (exact) mass is 278 g/mol. The van der Waals surface area contributed by atoms with Gasteiger partial charge >= 0.3 is 0 Å². The molecule has 6 nitrogen and oxygen atoms in total. The largest absolute Gasteiger partial charge is 0.349 e. The van der Waals surface area contributed by atoms with Crippen LogP contribution >= 0.6 is 11.6 Å². The van der Waals surface area contributed by atoms with E-state index in [0.717, 1.165) is 12.8 Å². The molecule has 2 aromatic rings. The number of rotatable bonds is 3. The molecule has 3 rings (SSSR count). The van der Waals surface area contributed by atoms with Crippen LogP contribution in [0.15, 0.2) is 18.7 Å². The number of nitrogens with zero attached hydrogens (tertiary/aromatic N) is 5. The van der Waals surface area contributed by atoms with Gasteiger partial charge in [0.15, 0.2) is 0 Å². The third-order valence-corrected chi connectivity index (χ3v) is 3.62. The molecule has 0 saturated heterocycles. The number of hydrogen-bond donors (Lipinski definition) is 1. The molecule has 0 bridgehead atoms. The first kappa shape index (κ1) is 12.3. The molecule has 2 heterocycles. The van der Waals surface area contributed by atoms with Crippen LogP contribution < -0.4 is 5.32 Å². The lowest BCUT2D eigenvalue weighted by molar-refractivity contribution is 0.527. The Hall–Kier alpha value is -1.69. The van der Waals surface area contributed by atoms with Crippen LogP contribution in [0, 0.1) is 0 Å². The zero-order chi connectivity index (χ0) is 13.3. The summed E-state index contributed by atoms with van der Waals surface area (Å²) in [4.78, 5) is 16.6. The van der Waals surface area contributed by atoms with Crippen LogP contribution in [0.4, 0.5) is 5.95 Å². The summed E-state index contributed by atoms with van der Waals surface area (Å²) in [5.74, 6) is 0.995. The second-order valence-electron chi connectivity index (χ2n) is 5.09. The van der Waals surface area contributed by atoms with Crippen LogP contribution in [0.25, 0.3) is 5.95 Å². The molecule has 0 aliphatic heterocycles. The van der Waals surface area contributed by atoms with Gasteiger partial charge in [0.1, 0.15) is 6.33 Å². The highest BCUT2D eigenvalue weighted by molar-refractivity contribution is 6.28. The Morgan fingerprint density at radius 2 is 2.05 bits per heavy atom. The van der Waals surface area contributed by atoms with Crippen molar-refractivity contribution >= 4 is 17.5 Å². The lowest BCUT2D eigenvalue weighted by Gasteiger charge is -2.25. The molecule has 19 heavy (non-hydrogen) atoms. The van der Waals surface area contributed by atoms with Crippen LogP contribution in [0.5, 0.6) is 0 Å². The van der Waals surface area contributed by atoms with Gasteiger partial charge in [0.2, 0.25) is 17.2 Å². The number of hydrogen-bond acceptors (Lipinski definition) is 5. The summed E-state index contributed by atoms with van der Waals surface area (Å²) >= 11 is 5.96. The van der Waals surface area contributed by atoms with Gasteiger partial charge in [-0.15, -0.1) is 0 Å². The zero-order valence-corrected chi connectivity index (χ0v) is 11.4. The Balaban J connectivity index is 1.90. The first-order valence-corrected chi connectivity index (χ1v) is 6.71. The summed E-state index contributed by atoms with van der Waals surface area (Å²) in [5.41, 5.74) is 0.0525. The normalized spacial score (nSPS) is 17.6. The minimum absolute atomic E-state index is 0.0525. The molecule has 0 spiro atoms. The van der Waals surface area contributed by atoms with Crippen LogP contribution in [0.2, 0.25) is 5.28 Å². The van der Waals surface area contributed by atoms with Gasteiger partial charge in [0, 0.05) is 17.9 Å². The zero-order valence-electron chi connectivity index (χ0n) is 10.7. The molecule has 7 heteroatoms. The van der Waals surface area contributed by atoms with E-state index in [2.05, 4.69) is 32.2 Å². The summed E-state index contributed by atoms with van der Waals surface area (Å²) in [5, 5.41) is 3.56. The van der Waals surface area contributed by atoms with E-state index in [0.29, 0.717) is 11.9 Å². The van der Waals surface area contributed by atoms with Gasteiger partial charge in [0.25, 0.3) is 0 Å². The molecule has 1 aliphatic rings. The summed E-state index contributed by atoms with van der Waals surface area (Å²) < 4.78 is 1.70. The van der Waals surface area contributed by atoms with Crippen molar-refractivity contribution in [2.75, 3.05) is 5.32 Å². The highest BCUT2D eigenvalue weighted by Gasteiger charge is 2.29. The molecule has 2 aromatic heterocycles. The second-order valence-corrected chi connectivity index (χ2v) is 5.43. The molecule has 0 atom stereocenters. The number of nitrogens with one attached hydrogen (secondary N) is 1. The fourth-order valence-electron chi connectivity index (χ4n) is 2.44. The number of anilines is 1. The minimum Gasteiger partial charge on any atom is -0.349 e. The summed E-state index contributed by atoms with van der Waals surface area (Å²) in [6.45, 7) is 2.19. The number of aromatic nitrogens is 5. The van der Waals surface area contributed by atoms with E-state index < -0.39 is 0 Å². The van der Waals surface area contributed by atoms with Crippen molar-refractivity contribution in [1.82, 2.24) is 24.5 Å². The summed E-state index contributed by atoms with van der Waals surface area (Å²) in [6.07, 6.45) is 9.78. The quantitative estimate of drug-likeness (QED) is 0.934. The molecule has 100 valence electrons. The molecule has 0 aromatic carbocycles. The van der Waals surface area contributed by atoms with Gasteiger partial charge in [-0.25, -0.2) is 4.98 Å². The van der Waals surface area contributed by atoms with Crippen molar-refractivity contribution in [3.8, 4) is 5.95 Å². The maximum atomic E-state index is 5.96. The Kier molecular flexibility index (Phi) is 3.10. The topological polar surface area (TPSA) is 68.5 Å². The molecule has 1 aliphatic carbocycles. The molecular weight excluding hydrogens is 264 g/mol. The van der Waals surface area contributed by atoms with Crippen molar-refractivity contribution in [3.63, 3.8) is 0 Å². The molecule has 1 N–H and O–H groups in total. The van der Waals surface area contributed by atoms with Crippen molar-refractivity contribution in [1.29, 1.82) is 0 Å². The minimum atomic E-state index is 0.0525. The Morgan fingerprint density at radius 3 is 2.74 bits per heavy atom. The smallest absolute Gasteiger partial charge is 0.241 e. The van der Waals surface area contributed by atoms with E-state index in [-0.39, 0.29) is 10.8 Å². The SMILES string of the molecule is CC1(Nc2nc(Cl)nc(-n3ccnc3)n2)CCCC1. The molecule has 0 unspecified atom stereocenters. The van der Waals surface area contributed by atoms with Crippen molar-refractivity contribution in [2.24, 2.45) is 0 Å². The fraction of sp³-hybridized carbons (Fsp3) is 0.500. The maximum Gasteiger partial charge on any atom is 0.241 e. The third kappa shape index (κ3) is 2.68. The highest BCUT2D eigenvalue weighted by atomic mass is 35.5. The predicted octanol–water partition coefficient (Wildman–Crippen LogP) is 2.46. The van der Waals surface area contributed by atoms with Crippen LogP contribution in [-0.2, 0) is 0 Å². The molecule has 0 radical (unpaired) electrons. The number of imidazole rings is 1. The number of halogens is 1. The van der Waals surface area contributed by atoms with E-state index in [1.54, 1.807) is 23.3 Å². The highest BCUT2D eigenvalue weighted by Crippen LogP contribution is 2.31. The van der Waals surface area contributed by atoms with Gasteiger partial charge in [-0.3, -0.25) is 4.57 Å². The van der Waals surface area contributed by atoms with Gasteiger partial charge in [-0.05, 0) is 31.4 Å². The lowest BCUT2D eigenvalue weighted by atomic mass is 10.0.